The molecule has 0 spiro atoms. The van der Waals surface area contributed by atoms with Gasteiger partial charge in [0.1, 0.15) is 0 Å². The molecule has 1 N–H and O–H groups in total. The normalized spacial score (nSPS) is 11.1. The Morgan fingerprint density at radius 2 is 1.96 bits per heavy atom. The Kier molecular flexibility index (Phi) is 7.90. The lowest BCUT2D eigenvalue weighted by atomic mass is 10.2. The number of rotatable bonds is 6. The number of aromatic nitrogens is 3. The van der Waals surface area contributed by atoms with E-state index in [1.54, 1.807) is 0 Å². The molecule has 2 heterocycles. The number of para-hydroxylation sites is 1. The van der Waals surface area contributed by atoms with E-state index in [1.807, 2.05) is 36.1 Å². The molecule has 144 valence electrons. The highest BCUT2D eigenvalue weighted by molar-refractivity contribution is 14.0. The summed E-state index contributed by atoms with van der Waals surface area (Å²) in [5.41, 5.74) is 3.52. The summed E-state index contributed by atoms with van der Waals surface area (Å²) in [5, 5.41) is 7.87. The molecule has 0 bridgehead atoms. The maximum absolute atomic E-state index is 4.44. The number of nitrogens with one attached hydrogen (secondary N) is 1. The highest BCUT2D eigenvalue weighted by Crippen LogP contribution is 2.08. The van der Waals surface area contributed by atoms with Crippen molar-refractivity contribution in [1.82, 2.24) is 24.6 Å². The zero-order valence-corrected chi connectivity index (χ0v) is 18.4. The molecule has 0 unspecified atom stereocenters. The quantitative estimate of drug-likeness (QED) is 0.337. The number of aryl methyl sites for hydroxylation is 1. The molecule has 0 aliphatic heterocycles. The zero-order valence-electron chi connectivity index (χ0n) is 16.0. The van der Waals surface area contributed by atoms with Crippen molar-refractivity contribution in [3.63, 3.8) is 0 Å². The Labute approximate surface area is 177 Å². The smallest absolute Gasteiger partial charge is 0.193 e. The minimum atomic E-state index is 0. The van der Waals surface area contributed by atoms with Crippen molar-refractivity contribution in [3.8, 4) is 5.69 Å². The van der Waals surface area contributed by atoms with Gasteiger partial charge in [-0.15, -0.1) is 24.0 Å². The van der Waals surface area contributed by atoms with E-state index in [9.17, 15) is 0 Å². The second kappa shape index (κ2) is 10.1. The molecule has 0 atom stereocenters. The third-order valence-electron chi connectivity index (χ3n) is 4.38. The van der Waals surface area contributed by atoms with Crippen LogP contribution in [-0.4, -0.2) is 45.8 Å². The van der Waals surface area contributed by atoms with Crippen molar-refractivity contribution in [2.45, 2.75) is 13.0 Å². The van der Waals surface area contributed by atoms with Gasteiger partial charge in [0.05, 0.1) is 18.4 Å². The number of aliphatic imine (C=N–C) groups is 1. The van der Waals surface area contributed by atoms with Crippen LogP contribution in [0.1, 0.15) is 11.3 Å². The van der Waals surface area contributed by atoms with Crippen LogP contribution in [0.15, 0.2) is 66.0 Å². The van der Waals surface area contributed by atoms with Crippen LogP contribution in [0.5, 0.6) is 0 Å². The van der Waals surface area contributed by atoms with Gasteiger partial charge in [-0.25, -0.2) is 4.68 Å². The van der Waals surface area contributed by atoms with E-state index in [-0.39, 0.29) is 24.0 Å². The molecule has 3 aromatic rings. The molecular weight excluding hydrogens is 451 g/mol. The predicted octanol–water partition coefficient (Wildman–Crippen LogP) is 3.08. The molecule has 0 saturated heterocycles. The van der Waals surface area contributed by atoms with E-state index in [1.165, 1.54) is 11.3 Å². The van der Waals surface area contributed by atoms with Gasteiger partial charge in [0.25, 0.3) is 0 Å². The number of hydrogen-bond donors (Lipinski definition) is 1. The van der Waals surface area contributed by atoms with Gasteiger partial charge >= 0.3 is 0 Å². The molecule has 6 nitrogen and oxygen atoms in total. The van der Waals surface area contributed by atoms with Gasteiger partial charge in [-0.3, -0.25) is 4.99 Å². The molecular formula is C20H27IN6. The van der Waals surface area contributed by atoms with Crippen LogP contribution in [0, 0.1) is 0 Å². The molecule has 3 rings (SSSR count). The minimum absolute atomic E-state index is 0. The van der Waals surface area contributed by atoms with Gasteiger partial charge in [0, 0.05) is 45.8 Å². The van der Waals surface area contributed by atoms with Crippen LogP contribution >= 0.6 is 24.0 Å². The summed E-state index contributed by atoms with van der Waals surface area (Å²) in [6.07, 6.45) is 6.95. The standard InChI is InChI=1S/C20H26N6.HI/c1-21-20(25(3)16-19-10-7-13-24(19)2)22-12-11-17-14-23-26(15-17)18-8-5-4-6-9-18;/h4-10,13-15H,11-12,16H2,1-3H3,(H,21,22);1H. The number of halogens is 1. The van der Waals surface area contributed by atoms with Crippen molar-refractivity contribution >= 4 is 29.9 Å². The first-order valence-electron chi connectivity index (χ1n) is 8.78. The third-order valence-corrected chi connectivity index (χ3v) is 4.38. The molecule has 0 saturated carbocycles. The van der Waals surface area contributed by atoms with Gasteiger partial charge in [-0.1, -0.05) is 18.2 Å². The zero-order chi connectivity index (χ0) is 18.4. The first kappa shape index (κ1) is 21.0. The van der Waals surface area contributed by atoms with Crippen LogP contribution in [0.3, 0.4) is 0 Å². The second-order valence-corrected chi connectivity index (χ2v) is 6.32. The van der Waals surface area contributed by atoms with Gasteiger partial charge in [0.15, 0.2) is 5.96 Å². The van der Waals surface area contributed by atoms with Crippen LogP contribution < -0.4 is 5.32 Å². The maximum Gasteiger partial charge on any atom is 0.193 e. The van der Waals surface area contributed by atoms with E-state index in [4.69, 9.17) is 0 Å². The summed E-state index contributed by atoms with van der Waals surface area (Å²) in [4.78, 5) is 6.51. The molecule has 1 aromatic carbocycles. The SMILES string of the molecule is CN=C(NCCc1cnn(-c2ccccc2)c1)N(C)Cc1cccn1C.I. The lowest BCUT2D eigenvalue weighted by molar-refractivity contribution is 0.462. The Bertz CT molecular complexity index is 852. The van der Waals surface area contributed by atoms with Crippen LogP contribution in [0.4, 0.5) is 0 Å². The average molecular weight is 478 g/mol. The topological polar surface area (TPSA) is 50.4 Å². The van der Waals surface area contributed by atoms with E-state index in [0.717, 1.165) is 31.2 Å². The summed E-state index contributed by atoms with van der Waals surface area (Å²) >= 11 is 0. The first-order chi connectivity index (χ1) is 12.7. The van der Waals surface area contributed by atoms with E-state index in [0.29, 0.717) is 0 Å². The lowest BCUT2D eigenvalue weighted by Crippen LogP contribution is -2.39. The third kappa shape index (κ3) is 5.59. The molecule has 0 aliphatic carbocycles. The summed E-state index contributed by atoms with van der Waals surface area (Å²) in [6, 6.07) is 14.3. The van der Waals surface area contributed by atoms with Crippen LogP contribution in [-0.2, 0) is 20.0 Å². The molecule has 0 aliphatic rings. The molecule has 2 aromatic heterocycles. The summed E-state index contributed by atoms with van der Waals surface area (Å²) in [5.74, 6) is 0.890. The largest absolute Gasteiger partial charge is 0.356 e. The van der Waals surface area contributed by atoms with Crippen molar-refractivity contribution in [2.24, 2.45) is 12.0 Å². The number of hydrogen-bond acceptors (Lipinski definition) is 2. The molecule has 0 fully saturated rings. The lowest BCUT2D eigenvalue weighted by Gasteiger charge is -2.22. The molecule has 27 heavy (non-hydrogen) atoms. The maximum atomic E-state index is 4.44. The summed E-state index contributed by atoms with van der Waals surface area (Å²) in [7, 11) is 5.93. The van der Waals surface area contributed by atoms with Crippen molar-refractivity contribution < 1.29 is 0 Å². The highest BCUT2D eigenvalue weighted by atomic mass is 127. The fourth-order valence-electron chi connectivity index (χ4n) is 2.89. The first-order valence-corrected chi connectivity index (χ1v) is 8.78. The monoisotopic (exact) mass is 478 g/mol. The Hall–Kier alpha value is -2.29. The average Bonchev–Trinajstić information content (AvgIpc) is 3.29. The number of benzene rings is 1. The Morgan fingerprint density at radius 3 is 2.63 bits per heavy atom. The summed E-state index contributed by atoms with van der Waals surface area (Å²) < 4.78 is 4.04. The van der Waals surface area contributed by atoms with E-state index >= 15 is 0 Å². The predicted molar refractivity (Wildman–Crippen MR) is 121 cm³/mol. The molecule has 0 radical (unpaired) electrons. The van der Waals surface area contributed by atoms with E-state index < -0.39 is 0 Å². The van der Waals surface area contributed by atoms with Crippen molar-refractivity contribution in [1.29, 1.82) is 0 Å². The van der Waals surface area contributed by atoms with Crippen molar-refractivity contribution in [3.05, 3.63) is 72.3 Å². The highest BCUT2D eigenvalue weighted by Gasteiger charge is 2.08. The van der Waals surface area contributed by atoms with E-state index in [2.05, 4.69) is 75.6 Å². The van der Waals surface area contributed by atoms with Gasteiger partial charge < -0.3 is 14.8 Å². The second-order valence-electron chi connectivity index (χ2n) is 6.32. The number of guanidine groups is 1. The Morgan fingerprint density at radius 1 is 1.19 bits per heavy atom. The van der Waals surface area contributed by atoms with Gasteiger partial charge in [-0.05, 0) is 36.2 Å². The fourth-order valence-corrected chi connectivity index (χ4v) is 2.89. The minimum Gasteiger partial charge on any atom is -0.356 e. The Balaban J connectivity index is 0.00000261. The van der Waals surface area contributed by atoms with Crippen LogP contribution in [0.2, 0.25) is 0 Å². The van der Waals surface area contributed by atoms with Crippen LogP contribution in [0.25, 0.3) is 5.69 Å². The van der Waals surface area contributed by atoms with Gasteiger partial charge in [0.2, 0.25) is 0 Å². The molecule has 7 heteroatoms. The van der Waals surface area contributed by atoms with Gasteiger partial charge in [-0.2, -0.15) is 5.10 Å². The summed E-state index contributed by atoms with van der Waals surface area (Å²) in [6.45, 7) is 1.62. The fraction of sp³-hybridized carbons (Fsp3) is 0.300. The number of nitrogens with zero attached hydrogens (tertiary/aromatic N) is 5. The molecule has 0 amide bonds. The van der Waals surface area contributed by atoms with Crippen molar-refractivity contribution in [2.75, 3.05) is 20.6 Å².